The van der Waals surface area contributed by atoms with Gasteiger partial charge in [0.05, 0.1) is 11.7 Å². The van der Waals surface area contributed by atoms with Crippen molar-refractivity contribution >= 4 is 11.7 Å². The van der Waals surface area contributed by atoms with Crippen molar-refractivity contribution in [1.82, 2.24) is 20.0 Å². The summed E-state index contributed by atoms with van der Waals surface area (Å²) in [5.74, 6) is 0.684. The number of carbonyl (C=O) groups is 2. The van der Waals surface area contributed by atoms with E-state index in [0.29, 0.717) is 37.8 Å². The lowest BCUT2D eigenvalue weighted by Crippen LogP contribution is -2.38. The Bertz CT molecular complexity index is 1000. The molecule has 1 saturated carbocycles. The van der Waals surface area contributed by atoms with Gasteiger partial charge in [-0.1, -0.05) is 27.2 Å². The number of rotatable bonds is 13. The zero-order chi connectivity index (χ0) is 26.7. The highest BCUT2D eigenvalue weighted by Gasteiger charge is 2.48. The number of alkyl halides is 3. The first-order valence-electron chi connectivity index (χ1n) is 13.1. The maximum atomic E-state index is 13.6. The van der Waals surface area contributed by atoms with Gasteiger partial charge in [-0.3, -0.25) is 19.3 Å². The third-order valence-corrected chi connectivity index (χ3v) is 7.38. The number of Topliss-reactive ketones (excluding diaryl/α,β-unsaturated/α-hetero) is 1. The lowest BCUT2D eigenvalue weighted by molar-refractivity contribution is -0.139. The SMILES string of the molecule is CCCN(CCCCCC(=O)C1CC1)C(=O)CCN(C)C1c2n[nH]c(=O)c(C(F)(F)F)c2CC1(C)C. The maximum absolute atomic E-state index is 13.6. The van der Waals surface area contributed by atoms with Crippen LogP contribution in [0.4, 0.5) is 13.2 Å². The van der Waals surface area contributed by atoms with Gasteiger partial charge in [0.2, 0.25) is 5.91 Å². The molecule has 0 aromatic carbocycles. The van der Waals surface area contributed by atoms with E-state index in [1.165, 1.54) is 0 Å². The van der Waals surface area contributed by atoms with Crippen LogP contribution in [0, 0.1) is 11.3 Å². The number of amides is 1. The van der Waals surface area contributed by atoms with E-state index in [4.69, 9.17) is 0 Å². The van der Waals surface area contributed by atoms with Crippen LogP contribution in [-0.4, -0.2) is 58.4 Å². The largest absolute Gasteiger partial charge is 0.422 e. The van der Waals surface area contributed by atoms with Gasteiger partial charge < -0.3 is 4.90 Å². The van der Waals surface area contributed by atoms with Crippen molar-refractivity contribution < 1.29 is 22.8 Å². The lowest BCUT2D eigenvalue weighted by Gasteiger charge is -2.35. The van der Waals surface area contributed by atoms with E-state index in [9.17, 15) is 27.6 Å². The van der Waals surface area contributed by atoms with E-state index in [1.54, 1.807) is 7.05 Å². The molecule has 1 aromatic heterocycles. The smallest absolute Gasteiger partial charge is 0.343 e. The summed E-state index contributed by atoms with van der Waals surface area (Å²) >= 11 is 0. The van der Waals surface area contributed by atoms with E-state index >= 15 is 0 Å². The van der Waals surface area contributed by atoms with Crippen molar-refractivity contribution in [2.75, 3.05) is 26.7 Å². The fourth-order valence-electron chi connectivity index (χ4n) is 5.51. The molecule has 36 heavy (non-hydrogen) atoms. The summed E-state index contributed by atoms with van der Waals surface area (Å²) in [4.78, 5) is 40.5. The molecule has 202 valence electrons. The van der Waals surface area contributed by atoms with Crippen molar-refractivity contribution in [3.63, 3.8) is 0 Å². The molecule has 10 heteroatoms. The number of nitrogens with one attached hydrogen (secondary N) is 1. The Hall–Kier alpha value is -2.23. The summed E-state index contributed by atoms with van der Waals surface area (Å²) in [6.45, 7) is 7.40. The summed E-state index contributed by atoms with van der Waals surface area (Å²) in [5.41, 5.74) is -2.79. The summed E-state index contributed by atoms with van der Waals surface area (Å²) in [6, 6.07) is -0.457. The summed E-state index contributed by atoms with van der Waals surface area (Å²) in [7, 11) is 1.79. The molecule has 0 aliphatic heterocycles. The highest BCUT2D eigenvalue weighted by molar-refractivity contribution is 5.83. The molecule has 0 bridgehead atoms. The van der Waals surface area contributed by atoms with Crippen LogP contribution in [0.1, 0.15) is 95.0 Å². The zero-order valence-corrected chi connectivity index (χ0v) is 21.8. The molecular formula is C26H39F3N4O3. The number of ketones is 1. The molecule has 1 aromatic rings. The number of halogens is 3. The van der Waals surface area contributed by atoms with Crippen molar-refractivity contribution in [1.29, 1.82) is 0 Å². The van der Waals surface area contributed by atoms with Crippen LogP contribution < -0.4 is 5.56 Å². The normalized spacial score (nSPS) is 18.9. The Morgan fingerprint density at radius 3 is 2.39 bits per heavy atom. The van der Waals surface area contributed by atoms with E-state index in [1.807, 2.05) is 35.7 Å². The van der Waals surface area contributed by atoms with Crippen molar-refractivity contribution in [3.05, 3.63) is 27.2 Å². The average Bonchev–Trinajstić information content (AvgIpc) is 3.58. The molecule has 3 rings (SSSR count). The molecule has 0 spiro atoms. The van der Waals surface area contributed by atoms with Gasteiger partial charge in [0.25, 0.3) is 5.56 Å². The lowest BCUT2D eigenvalue weighted by atomic mass is 9.85. The standard InChI is InChI=1S/C26H39F3N4O3/c1-5-13-33(14-8-6-7-9-19(34)17-10-11-17)20(35)12-15-32(4)23-22-18(16-25(23,2)3)21(26(27,28)29)24(36)31-30-22/h17,23H,5-16H2,1-4H3,(H,31,36). The summed E-state index contributed by atoms with van der Waals surface area (Å²) < 4.78 is 40.8. The van der Waals surface area contributed by atoms with Crippen LogP contribution in [0.2, 0.25) is 0 Å². The van der Waals surface area contributed by atoms with Gasteiger partial charge in [-0.15, -0.1) is 0 Å². The molecule has 1 heterocycles. The van der Waals surface area contributed by atoms with E-state index in [2.05, 4.69) is 5.10 Å². The number of aromatic nitrogens is 2. The first-order chi connectivity index (χ1) is 16.9. The number of fused-ring (bicyclic) bond motifs is 1. The van der Waals surface area contributed by atoms with Gasteiger partial charge in [0.1, 0.15) is 11.3 Å². The van der Waals surface area contributed by atoms with Gasteiger partial charge >= 0.3 is 6.18 Å². The van der Waals surface area contributed by atoms with Gasteiger partial charge in [-0.2, -0.15) is 18.3 Å². The molecule has 1 unspecified atom stereocenters. The third kappa shape index (κ3) is 6.75. The molecule has 7 nitrogen and oxygen atoms in total. The molecule has 0 radical (unpaired) electrons. The van der Waals surface area contributed by atoms with Crippen molar-refractivity contribution in [2.24, 2.45) is 11.3 Å². The van der Waals surface area contributed by atoms with Crippen LogP contribution in [0.25, 0.3) is 0 Å². The van der Waals surface area contributed by atoms with Crippen LogP contribution >= 0.6 is 0 Å². The van der Waals surface area contributed by atoms with Crippen LogP contribution in [0.15, 0.2) is 4.79 Å². The predicted octanol–water partition coefficient (Wildman–Crippen LogP) is 4.51. The monoisotopic (exact) mass is 512 g/mol. The van der Waals surface area contributed by atoms with Gasteiger partial charge in [0.15, 0.2) is 0 Å². The van der Waals surface area contributed by atoms with E-state index in [0.717, 1.165) is 38.5 Å². The fraction of sp³-hybridized carbons (Fsp3) is 0.769. The van der Waals surface area contributed by atoms with Gasteiger partial charge in [-0.25, -0.2) is 5.10 Å². The topological polar surface area (TPSA) is 86.4 Å². The molecule has 0 saturated heterocycles. The first kappa shape index (κ1) is 28.3. The van der Waals surface area contributed by atoms with Crippen molar-refractivity contribution in [2.45, 2.75) is 90.8 Å². The predicted molar refractivity (Wildman–Crippen MR) is 130 cm³/mol. The molecule has 2 aliphatic rings. The molecular weight excluding hydrogens is 473 g/mol. The quantitative estimate of drug-likeness (QED) is 0.393. The summed E-state index contributed by atoms with van der Waals surface area (Å²) in [5, 5.41) is 6.04. The minimum absolute atomic E-state index is 0.0131. The highest BCUT2D eigenvalue weighted by Crippen LogP contribution is 2.49. The zero-order valence-electron chi connectivity index (χ0n) is 21.8. The second-order valence-corrected chi connectivity index (χ2v) is 11.0. The van der Waals surface area contributed by atoms with E-state index in [-0.39, 0.29) is 30.0 Å². The van der Waals surface area contributed by atoms with Gasteiger partial charge in [-0.05, 0) is 56.6 Å². The number of nitrogens with zero attached hydrogens (tertiary/aromatic N) is 3. The maximum Gasteiger partial charge on any atom is 0.422 e. The molecule has 1 atom stereocenters. The van der Waals surface area contributed by atoms with Crippen molar-refractivity contribution in [3.8, 4) is 0 Å². The second-order valence-electron chi connectivity index (χ2n) is 11.0. The number of aromatic amines is 1. The average molecular weight is 513 g/mol. The number of unbranched alkanes of at least 4 members (excludes halogenated alkanes) is 2. The number of hydrogen-bond acceptors (Lipinski definition) is 5. The Morgan fingerprint density at radius 1 is 1.08 bits per heavy atom. The van der Waals surface area contributed by atoms with Gasteiger partial charge in [0, 0.05) is 38.4 Å². The fourth-order valence-corrected chi connectivity index (χ4v) is 5.51. The molecule has 1 amide bonds. The Kier molecular flexibility index (Phi) is 9.01. The second kappa shape index (κ2) is 11.4. The number of H-pyrrole nitrogens is 1. The Labute approximate surface area is 210 Å². The Morgan fingerprint density at radius 2 is 1.78 bits per heavy atom. The number of hydrogen-bond donors (Lipinski definition) is 1. The third-order valence-electron chi connectivity index (χ3n) is 7.38. The molecule has 2 aliphatic carbocycles. The minimum Gasteiger partial charge on any atom is -0.343 e. The van der Waals surface area contributed by atoms with E-state index < -0.39 is 28.8 Å². The molecule has 1 N–H and O–H groups in total. The molecule has 1 fully saturated rings. The Balaban J connectivity index is 1.58. The highest BCUT2D eigenvalue weighted by atomic mass is 19.4. The summed E-state index contributed by atoms with van der Waals surface area (Å²) in [6.07, 6.45) is 1.72. The van der Waals surface area contributed by atoms with Crippen LogP contribution in [-0.2, 0) is 22.2 Å². The minimum atomic E-state index is -4.76. The van der Waals surface area contributed by atoms with Crippen LogP contribution in [0.5, 0.6) is 0 Å². The first-order valence-corrected chi connectivity index (χ1v) is 13.1. The van der Waals surface area contributed by atoms with Crippen LogP contribution in [0.3, 0.4) is 0 Å². The number of carbonyl (C=O) groups excluding carboxylic acids is 2.